The maximum atomic E-state index is 12.8. The van der Waals surface area contributed by atoms with E-state index in [0.717, 1.165) is 0 Å². The average Bonchev–Trinajstić information content (AvgIpc) is 2.68. The minimum absolute atomic E-state index is 0.146. The molecule has 1 aromatic rings. The van der Waals surface area contributed by atoms with E-state index in [1.165, 1.54) is 5.01 Å². The molecule has 1 aromatic carbocycles. The van der Waals surface area contributed by atoms with Gasteiger partial charge in [-0.2, -0.15) is 0 Å². The number of hydrogen-bond acceptors (Lipinski definition) is 4. The molecular formula is C19H23N3O4. The molecule has 2 atom stereocenters. The summed E-state index contributed by atoms with van der Waals surface area (Å²) in [5.41, 5.74) is 3.57. The van der Waals surface area contributed by atoms with Gasteiger partial charge in [0.15, 0.2) is 0 Å². The van der Waals surface area contributed by atoms with Crippen molar-refractivity contribution in [2.24, 2.45) is 11.8 Å². The van der Waals surface area contributed by atoms with Crippen LogP contribution in [0.2, 0.25) is 0 Å². The van der Waals surface area contributed by atoms with E-state index in [1.54, 1.807) is 24.3 Å². The zero-order valence-corrected chi connectivity index (χ0v) is 14.7. The molecule has 3 rings (SSSR count). The minimum Gasteiger partial charge on any atom is -0.380 e. The van der Waals surface area contributed by atoms with Crippen molar-refractivity contribution in [2.75, 3.05) is 24.8 Å². The molecule has 3 amide bonds. The van der Waals surface area contributed by atoms with E-state index in [2.05, 4.69) is 10.7 Å². The van der Waals surface area contributed by atoms with E-state index in [4.69, 9.17) is 4.74 Å². The first-order chi connectivity index (χ1) is 12.6. The number of nitrogens with one attached hydrogen (secondary N) is 2. The van der Waals surface area contributed by atoms with Crippen LogP contribution in [-0.4, -0.2) is 37.5 Å². The summed E-state index contributed by atoms with van der Waals surface area (Å²) in [6.45, 7) is 3.34. The van der Waals surface area contributed by atoms with Crippen molar-refractivity contribution in [1.82, 2.24) is 10.7 Å². The van der Waals surface area contributed by atoms with Gasteiger partial charge in [-0.15, -0.1) is 0 Å². The summed E-state index contributed by atoms with van der Waals surface area (Å²) in [6, 6.07) is 6.67. The van der Waals surface area contributed by atoms with E-state index in [-0.39, 0.29) is 29.6 Å². The summed E-state index contributed by atoms with van der Waals surface area (Å²) in [5, 5.41) is 4.03. The van der Waals surface area contributed by atoms with Gasteiger partial charge in [-0.3, -0.25) is 19.8 Å². The SMILES string of the molecule is CCOCCNC(=O)c1cccc(N2NC(=O)[C@H]3CC=CC[C@H]3C2=O)c1. The van der Waals surface area contributed by atoms with Crippen molar-refractivity contribution < 1.29 is 19.1 Å². The van der Waals surface area contributed by atoms with Gasteiger partial charge in [0.2, 0.25) is 11.8 Å². The van der Waals surface area contributed by atoms with Crippen LogP contribution in [0.1, 0.15) is 30.1 Å². The summed E-state index contributed by atoms with van der Waals surface area (Å²) in [5.74, 6) is -1.22. The number of fused-ring (bicyclic) bond motifs is 1. The zero-order chi connectivity index (χ0) is 18.5. The first-order valence-corrected chi connectivity index (χ1v) is 8.87. The standard InChI is InChI=1S/C19H23N3O4/c1-2-26-11-10-20-17(23)13-6-5-7-14(12-13)22-19(25)16-9-4-3-8-15(16)18(24)21-22/h3-7,12,15-16H,2,8-11H2,1H3,(H,20,23)(H,21,24)/t15-,16+/m0/s1. The molecule has 0 spiro atoms. The van der Waals surface area contributed by atoms with Crippen LogP contribution in [0.25, 0.3) is 0 Å². The summed E-state index contributed by atoms with van der Waals surface area (Å²) >= 11 is 0. The second-order valence-corrected chi connectivity index (χ2v) is 6.31. The van der Waals surface area contributed by atoms with Crippen molar-refractivity contribution in [3.05, 3.63) is 42.0 Å². The van der Waals surface area contributed by atoms with Crippen molar-refractivity contribution in [3.63, 3.8) is 0 Å². The summed E-state index contributed by atoms with van der Waals surface area (Å²) in [4.78, 5) is 37.4. The first-order valence-electron chi connectivity index (χ1n) is 8.87. The lowest BCUT2D eigenvalue weighted by Crippen LogP contribution is -2.59. The molecule has 7 nitrogen and oxygen atoms in total. The molecular weight excluding hydrogens is 334 g/mol. The topological polar surface area (TPSA) is 87.7 Å². The quantitative estimate of drug-likeness (QED) is 0.595. The highest BCUT2D eigenvalue weighted by atomic mass is 16.5. The maximum Gasteiger partial charge on any atom is 0.251 e. The van der Waals surface area contributed by atoms with Gasteiger partial charge < -0.3 is 10.1 Å². The number of rotatable bonds is 6. The van der Waals surface area contributed by atoms with E-state index >= 15 is 0 Å². The number of hydrazine groups is 1. The summed E-state index contributed by atoms with van der Waals surface area (Å²) in [7, 11) is 0. The third kappa shape index (κ3) is 3.77. The normalized spacial score (nSPS) is 22.0. The fourth-order valence-electron chi connectivity index (χ4n) is 3.25. The number of hydrogen-bond donors (Lipinski definition) is 2. The first kappa shape index (κ1) is 18.1. The van der Waals surface area contributed by atoms with Crippen LogP contribution in [0.4, 0.5) is 5.69 Å². The van der Waals surface area contributed by atoms with Crippen molar-refractivity contribution in [1.29, 1.82) is 0 Å². The van der Waals surface area contributed by atoms with Crippen molar-refractivity contribution in [2.45, 2.75) is 19.8 Å². The molecule has 2 N–H and O–H groups in total. The molecule has 0 bridgehead atoms. The van der Waals surface area contributed by atoms with E-state index < -0.39 is 0 Å². The monoisotopic (exact) mass is 357 g/mol. The Balaban J connectivity index is 1.73. The third-order valence-electron chi connectivity index (χ3n) is 4.63. The second kappa shape index (κ2) is 8.14. The summed E-state index contributed by atoms with van der Waals surface area (Å²) in [6.07, 6.45) is 5.03. The zero-order valence-electron chi connectivity index (χ0n) is 14.7. The van der Waals surface area contributed by atoms with Gasteiger partial charge in [0.1, 0.15) is 0 Å². The molecule has 1 aliphatic carbocycles. The van der Waals surface area contributed by atoms with Gasteiger partial charge in [0, 0.05) is 18.7 Å². The lowest BCUT2D eigenvalue weighted by atomic mass is 9.80. The van der Waals surface area contributed by atoms with Crippen molar-refractivity contribution >= 4 is 23.4 Å². The van der Waals surface area contributed by atoms with Gasteiger partial charge in [0.05, 0.1) is 24.1 Å². The number of amides is 3. The largest absolute Gasteiger partial charge is 0.380 e. The highest BCUT2D eigenvalue weighted by Gasteiger charge is 2.42. The highest BCUT2D eigenvalue weighted by molar-refractivity contribution is 6.05. The molecule has 0 saturated carbocycles. The molecule has 1 aliphatic heterocycles. The predicted molar refractivity (Wildman–Crippen MR) is 96.3 cm³/mol. The molecule has 0 radical (unpaired) electrons. The number of anilines is 1. The second-order valence-electron chi connectivity index (χ2n) is 6.31. The Morgan fingerprint density at radius 1 is 1.27 bits per heavy atom. The van der Waals surface area contributed by atoms with Gasteiger partial charge in [-0.05, 0) is 38.0 Å². The number of allylic oxidation sites excluding steroid dienone is 2. The number of carbonyl (C=O) groups is 3. The van der Waals surface area contributed by atoms with Crippen LogP contribution >= 0.6 is 0 Å². The fourth-order valence-corrected chi connectivity index (χ4v) is 3.25. The lowest BCUT2D eigenvalue weighted by molar-refractivity contribution is -0.139. The lowest BCUT2D eigenvalue weighted by Gasteiger charge is -2.38. The Morgan fingerprint density at radius 3 is 2.81 bits per heavy atom. The molecule has 1 saturated heterocycles. The van der Waals surface area contributed by atoms with Crippen LogP contribution < -0.4 is 15.8 Å². The van der Waals surface area contributed by atoms with Gasteiger partial charge in [0.25, 0.3) is 5.91 Å². The number of ether oxygens (including phenoxy) is 1. The summed E-state index contributed by atoms with van der Waals surface area (Å²) < 4.78 is 5.19. The number of nitrogens with zero attached hydrogens (tertiary/aromatic N) is 1. The predicted octanol–water partition coefficient (Wildman–Crippen LogP) is 1.41. The van der Waals surface area contributed by atoms with Crippen LogP contribution in [0, 0.1) is 11.8 Å². The number of carbonyl (C=O) groups excluding carboxylic acids is 3. The van der Waals surface area contributed by atoms with Crippen LogP contribution in [0.5, 0.6) is 0 Å². The maximum absolute atomic E-state index is 12.8. The Labute approximate surface area is 152 Å². The Hall–Kier alpha value is -2.67. The molecule has 0 unspecified atom stereocenters. The molecule has 2 aliphatic rings. The van der Waals surface area contributed by atoms with E-state index in [0.29, 0.717) is 43.9 Å². The molecule has 1 heterocycles. The highest BCUT2D eigenvalue weighted by Crippen LogP contribution is 2.32. The van der Waals surface area contributed by atoms with Crippen LogP contribution in [0.3, 0.4) is 0 Å². The fraction of sp³-hybridized carbons (Fsp3) is 0.421. The van der Waals surface area contributed by atoms with Crippen LogP contribution in [0.15, 0.2) is 36.4 Å². The van der Waals surface area contributed by atoms with Crippen molar-refractivity contribution in [3.8, 4) is 0 Å². The smallest absolute Gasteiger partial charge is 0.251 e. The van der Waals surface area contributed by atoms with Gasteiger partial charge in [-0.25, -0.2) is 5.01 Å². The Bertz CT molecular complexity index is 731. The van der Waals surface area contributed by atoms with E-state index in [9.17, 15) is 14.4 Å². The number of benzene rings is 1. The minimum atomic E-state index is -0.350. The molecule has 26 heavy (non-hydrogen) atoms. The molecule has 0 aromatic heterocycles. The van der Waals surface area contributed by atoms with Gasteiger partial charge in [-0.1, -0.05) is 18.2 Å². The molecule has 7 heteroatoms. The third-order valence-corrected chi connectivity index (χ3v) is 4.63. The van der Waals surface area contributed by atoms with E-state index in [1.807, 2.05) is 19.1 Å². The average molecular weight is 357 g/mol. The Kier molecular flexibility index (Phi) is 5.68. The molecule has 138 valence electrons. The molecule has 1 fully saturated rings. The Morgan fingerprint density at radius 2 is 2.04 bits per heavy atom. The van der Waals surface area contributed by atoms with Crippen LogP contribution in [-0.2, 0) is 14.3 Å². The van der Waals surface area contributed by atoms with Gasteiger partial charge >= 0.3 is 0 Å².